The lowest BCUT2D eigenvalue weighted by atomic mass is 9.70. The van der Waals surface area contributed by atoms with Crippen molar-refractivity contribution in [3.05, 3.63) is 81.4 Å². The monoisotopic (exact) mass is 771 g/mol. The molecule has 0 bridgehead atoms. The number of likely N-dealkylation sites (tertiary alicyclic amines) is 2. The lowest BCUT2D eigenvalue weighted by Crippen LogP contribution is -2.74. The van der Waals surface area contributed by atoms with Gasteiger partial charge in [0, 0.05) is 94.6 Å². The van der Waals surface area contributed by atoms with Gasteiger partial charge in [0.25, 0.3) is 17.4 Å². The summed E-state index contributed by atoms with van der Waals surface area (Å²) in [4.78, 5) is 75.6. The normalized spacial score (nSPS) is 19.1. The molecular formula is C43H45N7O7. The van der Waals surface area contributed by atoms with E-state index in [0.717, 1.165) is 59.0 Å². The molecule has 1 atom stereocenters. The van der Waals surface area contributed by atoms with Gasteiger partial charge in [-0.1, -0.05) is 11.8 Å². The largest absolute Gasteiger partial charge is 0.496 e. The standard InChI is InChI=1S/C43H45N7O7/c1-42(2,13-12-25-8-9-27-29(14-25)41(55)50(40(27)54)33-10-11-37(51)45-38(33)52)49-23-43(24-49)21-48(22-43)20-32-34(56-6)15-26(16-35(32)57-7)31-19-47(5)39(53)30-18-44-36(46(3)4)17-28(30)31/h8-9,14-19,33H,10-11,20-24H2,1-7H3,(H,45,51,52). The summed E-state index contributed by atoms with van der Waals surface area (Å²) in [5, 5.41) is 3.56. The van der Waals surface area contributed by atoms with Crippen molar-refractivity contribution < 1.29 is 28.7 Å². The highest BCUT2D eigenvalue weighted by Gasteiger charge is 2.54. The summed E-state index contributed by atoms with van der Waals surface area (Å²) < 4.78 is 13.5. The topological polar surface area (TPSA) is 147 Å². The first-order valence-corrected chi connectivity index (χ1v) is 18.9. The van der Waals surface area contributed by atoms with Crippen molar-refractivity contribution in [2.24, 2.45) is 12.5 Å². The Morgan fingerprint density at radius 1 is 0.912 bits per heavy atom. The number of imide groups is 2. The summed E-state index contributed by atoms with van der Waals surface area (Å²) in [6, 6.07) is 9.87. The van der Waals surface area contributed by atoms with Crippen LogP contribution < -0.4 is 25.2 Å². The molecule has 1 spiro atoms. The van der Waals surface area contributed by atoms with Gasteiger partial charge < -0.3 is 18.9 Å². The molecule has 2 aromatic carbocycles. The smallest absolute Gasteiger partial charge is 0.262 e. The van der Waals surface area contributed by atoms with Gasteiger partial charge in [0.1, 0.15) is 23.4 Å². The van der Waals surface area contributed by atoms with Crippen LogP contribution in [-0.4, -0.2) is 114 Å². The zero-order valence-electron chi connectivity index (χ0n) is 33.2. The molecule has 4 aromatic rings. The third-order valence-electron chi connectivity index (χ3n) is 11.7. The second kappa shape index (κ2) is 13.9. The van der Waals surface area contributed by atoms with Crippen LogP contribution >= 0.6 is 0 Å². The predicted octanol–water partition coefficient (Wildman–Crippen LogP) is 3.03. The van der Waals surface area contributed by atoms with Gasteiger partial charge in [-0.15, -0.1) is 0 Å². The van der Waals surface area contributed by atoms with Crippen LogP contribution in [0.4, 0.5) is 5.82 Å². The molecule has 8 rings (SSSR count). The number of anilines is 1. The van der Waals surface area contributed by atoms with Crippen LogP contribution in [0.25, 0.3) is 21.9 Å². The van der Waals surface area contributed by atoms with Crippen molar-refractivity contribution in [1.82, 2.24) is 29.6 Å². The summed E-state index contributed by atoms with van der Waals surface area (Å²) in [6.07, 6.45) is 3.66. The number of aryl methyl sites for hydroxylation is 1. The maximum atomic E-state index is 13.3. The summed E-state index contributed by atoms with van der Waals surface area (Å²) >= 11 is 0. The lowest BCUT2D eigenvalue weighted by molar-refractivity contribution is -0.140. The Morgan fingerprint density at radius 3 is 2.25 bits per heavy atom. The van der Waals surface area contributed by atoms with Crippen molar-refractivity contribution >= 4 is 40.2 Å². The number of pyridine rings is 2. The van der Waals surface area contributed by atoms with Crippen LogP contribution in [0.3, 0.4) is 0 Å². The minimum atomic E-state index is -1.01. The van der Waals surface area contributed by atoms with E-state index in [1.54, 1.807) is 50.2 Å². The molecule has 14 heteroatoms. The molecular weight excluding hydrogens is 727 g/mol. The summed E-state index contributed by atoms with van der Waals surface area (Å²) in [5.74, 6) is 6.65. The number of benzene rings is 2. The first-order chi connectivity index (χ1) is 27.1. The summed E-state index contributed by atoms with van der Waals surface area (Å²) in [6.45, 7) is 8.42. The molecule has 1 unspecified atom stereocenters. The number of methoxy groups -OCH3 is 2. The van der Waals surface area contributed by atoms with E-state index >= 15 is 0 Å². The molecule has 6 heterocycles. The number of nitrogens with zero attached hydrogens (tertiary/aromatic N) is 6. The first kappa shape index (κ1) is 37.9. The Bertz CT molecular complexity index is 2490. The number of fused-ring (bicyclic) bond motifs is 2. The van der Waals surface area contributed by atoms with E-state index in [9.17, 15) is 24.0 Å². The minimum absolute atomic E-state index is 0.0678. The Balaban J connectivity index is 0.935. The highest BCUT2D eigenvalue weighted by Crippen LogP contribution is 2.45. The molecule has 294 valence electrons. The van der Waals surface area contributed by atoms with E-state index < -0.39 is 35.2 Å². The Kier molecular flexibility index (Phi) is 9.21. The molecule has 0 saturated carbocycles. The highest BCUT2D eigenvalue weighted by atomic mass is 16.5. The number of carbonyl (C=O) groups is 4. The molecule has 1 N–H and O–H groups in total. The van der Waals surface area contributed by atoms with Gasteiger partial charge >= 0.3 is 0 Å². The number of piperidine rings is 1. The van der Waals surface area contributed by atoms with Crippen molar-refractivity contribution in [1.29, 1.82) is 0 Å². The molecule has 57 heavy (non-hydrogen) atoms. The zero-order valence-corrected chi connectivity index (χ0v) is 33.2. The molecule has 0 radical (unpaired) electrons. The van der Waals surface area contributed by atoms with Crippen molar-refractivity contribution in [3.8, 4) is 34.5 Å². The van der Waals surface area contributed by atoms with Crippen LogP contribution in [0.2, 0.25) is 0 Å². The van der Waals surface area contributed by atoms with E-state index in [-0.39, 0.29) is 34.9 Å². The summed E-state index contributed by atoms with van der Waals surface area (Å²) in [7, 11) is 8.90. The number of hydrogen-bond donors (Lipinski definition) is 1. The third kappa shape index (κ3) is 6.50. The highest BCUT2D eigenvalue weighted by molar-refractivity contribution is 6.23. The van der Waals surface area contributed by atoms with Crippen molar-refractivity contribution in [2.75, 3.05) is 59.4 Å². The molecule has 0 aliphatic carbocycles. The van der Waals surface area contributed by atoms with Gasteiger partial charge in [-0.2, -0.15) is 0 Å². The van der Waals surface area contributed by atoms with E-state index in [1.807, 2.05) is 43.4 Å². The van der Waals surface area contributed by atoms with E-state index in [1.165, 1.54) is 0 Å². The van der Waals surface area contributed by atoms with Crippen LogP contribution in [0.5, 0.6) is 11.5 Å². The average Bonchev–Trinajstić information content (AvgIpc) is 3.40. The van der Waals surface area contributed by atoms with E-state index in [0.29, 0.717) is 29.0 Å². The van der Waals surface area contributed by atoms with E-state index in [4.69, 9.17) is 9.47 Å². The van der Waals surface area contributed by atoms with Gasteiger partial charge in [0.2, 0.25) is 11.8 Å². The first-order valence-electron chi connectivity index (χ1n) is 18.9. The SMILES string of the molecule is COc1cc(-c2cn(C)c(=O)c3cnc(N(C)C)cc23)cc(OC)c1CN1CC2(C1)CN(C(C)(C)C#Cc1ccc3c(c1)C(=O)N(C1CCC(=O)NC1=O)C3=O)C2. The van der Waals surface area contributed by atoms with Gasteiger partial charge in [-0.3, -0.25) is 44.0 Å². The van der Waals surface area contributed by atoms with Gasteiger partial charge in [0.15, 0.2) is 0 Å². The van der Waals surface area contributed by atoms with Crippen LogP contribution in [-0.2, 0) is 23.2 Å². The number of ether oxygens (including phenoxy) is 2. The maximum Gasteiger partial charge on any atom is 0.262 e. The second-order valence-corrected chi connectivity index (χ2v) is 16.3. The summed E-state index contributed by atoms with van der Waals surface area (Å²) in [5.41, 5.74) is 3.35. The molecule has 4 aliphatic heterocycles. The van der Waals surface area contributed by atoms with E-state index in [2.05, 4.69) is 45.8 Å². The number of hydrogen-bond acceptors (Lipinski definition) is 11. The predicted molar refractivity (Wildman–Crippen MR) is 213 cm³/mol. The van der Waals surface area contributed by atoms with Gasteiger partial charge in [0.05, 0.1) is 41.8 Å². The van der Waals surface area contributed by atoms with Crippen LogP contribution in [0.15, 0.2) is 53.6 Å². The zero-order chi connectivity index (χ0) is 40.6. The minimum Gasteiger partial charge on any atom is -0.496 e. The second-order valence-electron chi connectivity index (χ2n) is 16.3. The number of aromatic nitrogens is 2. The number of amides is 4. The lowest BCUT2D eigenvalue weighted by Gasteiger charge is -2.63. The number of rotatable bonds is 8. The van der Waals surface area contributed by atoms with Gasteiger partial charge in [-0.05, 0) is 62.2 Å². The quantitative estimate of drug-likeness (QED) is 0.209. The van der Waals surface area contributed by atoms with Crippen LogP contribution in [0.1, 0.15) is 58.5 Å². The van der Waals surface area contributed by atoms with Crippen molar-refractivity contribution in [2.45, 2.75) is 44.8 Å². The fraction of sp³-hybridized carbons (Fsp3) is 0.395. The third-order valence-corrected chi connectivity index (χ3v) is 11.7. The Hall–Kier alpha value is -6.04. The molecule has 3 saturated heterocycles. The molecule has 14 nitrogen and oxygen atoms in total. The molecule has 2 aromatic heterocycles. The fourth-order valence-electron chi connectivity index (χ4n) is 8.57. The maximum absolute atomic E-state index is 13.3. The molecule has 4 amide bonds. The molecule has 4 aliphatic rings. The fourth-order valence-corrected chi connectivity index (χ4v) is 8.57. The van der Waals surface area contributed by atoms with Gasteiger partial charge in [-0.25, -0.2) is 4.98 Å². The molecule has 3 fully saturated rings. The van der Waals surface area contributed by atoms with Crippen molar-refractivity contribution in [3.63, 3.8) is 0 Å². The van der Waals surface area contributed by atoms with Crippen LogP contribution in [0, 0.1) is 17.3 Å². The average molecular weight is 772 g/mol. The Labute approximate surface area is 330 Å². The number of nitrogens with one attached hydrogen (secondary N) is 1. The number of carbonyl (C=O) groups excluding carboxylic acids is 4. The Morgan fingerprint density at radius 2 is 1.60 bits per heavy atom.